The van der Waals surface area contributed by atoms with E-state index >= 15 is 0 Å². The van der Waals surface area contributed by atoms with Crippen molar-refractivity contribution in [2.24, 2.45) is 5.73 Å². The highest BCUT2D eigenvalue weighted by Crippen LogP contribution is 2.41. The topological polar surface area (TPSA) is 55.1 Å². The molecule has 1 heterocycles. The monoisotopic (exact) mass is 330 g/mol. The molecule has 1 aromatic heterocycles. The predicted octanol–water partition coefficient (Wildman–Crippen LogP) is 3.62. The van der Waals surface area contributed by atoms with Gasteiger partial charge >= 0.3 is 0 Å². The van der Waals surface area contributed by atoms with Crippen molar-refractivity contribution in [2.45, 2.75) is 63.3 Å². The molecule has 1 saturated carbocycles. The van der Waals surface area contributed by atoms with Gasteiger partial charge in [0.2, 0.25) is 5.91 Å². The maximum atomic E-state index is 11.9. The molecule has 0 saturated heterocycles. The van der Waals surface area contributed by atoms with Crippen LogP contribution in [0.2, 0.25) is 0 Å². The summed E-state index contributed by atoms with van der Waals surface area (Å²) in [4.78, 5) is 13.4. The standard InChI is InChI=1S/C16H26N2OS.ClH/c1-13(17)7-8-15(19)18-12-16(9-3-2-4-10-16)14-6-5-11-20-14;/h5-6,11,13H,2-4,7-10,12,17H2,1H3,(H,18,19);1H. The molecule has 0 aliphatic heterocycles. The van der Waals surface area contributed by atoms with Gasteiger partial charge in [-0.15, -0.1) is 23.7 Å². The first kappa shape index (κ1) is 18.5. The van der Waals surface area contributed by atoms with Gasteiger partial charge < -0.3 is 11.1 Å². The third kappa shape index (κ3) is 5.28. The van der Waals surface area contributed by atoms with Crippen molar-refractivity contribution >= 4 is 29.7 Å². The summed E-state index contributed by atoms with van der Waals surface area (Å²) in [5.74, 6) is 0.142. The maximum absolute atomic E-state index is 11.9. The SMILES string of the molecule is CC(N)CCC(=O)NCC1(c2cccs2)CCCCC1.Cl. The fourth-order valence-electron chi connectivity index (χ4n) is 3.03. The van der Waals surface area contributed by atoms with E-state index in [0.29, 0.717) is 6.42 Å². The van der Waals surface area contributed by atoms with Gasteiger partial charge in [0, 0.05) is 29.3 Å². The van der Waals surface area contributed by atoms with Crippen molar-refractivity contribution < 1.29 is 4.79 Å². The molecular weight excluding hydrogens is 304 g/mol. The van der Waals surface area contributed by atoms with Gasteiger partial charge in [-0.1, -0.05) is 25.3 Å². The molecule has 1 fully saturated rings. The number of nitrogens with two attached hydrogens (primary N) is 1. The Hall–Kier alpha value is -0.580. The van der Waals surface area contributed by atoms with E-state index in [-0.39, 0.29) is 29.8 Å². The Morgan fingerprint density at radius 3 is 2.71 bits per heavy atom. The lowest BCUT2D eigenvalue weighted by molar-refractivity contribution is -0.121. The maximum Gasteiger partial charge on any atom is 0.220 e. The largest absolute Gasteiger partial charge is 0.355 e. The Balaban J connectivity index is 0.00000220. The summed E-state index contributed by atoms with van der Waals surface area (Å²) in [6.07, 6.45) is 7.56. The number of halogens is 1. The number of carbonyl (C=O) groups is 1. The van der Waals surface area contributed by atoms with Crippen molar-refractivity contribution in [2.75, 3.05) is 6.54 Å². The second-order valence-electron chi connectivity index (χ2n) is 6.11. The second kappa shape index (κ2) is 8.76. The summed E-state index contributed by atoms with van der Waals surface area (Å²) in [7, 11) is 0. The van der Waals surface area contributed by atoms with Crippen molar-refractivity contribution in [3.63, 3.8) is 0 Å². The Morgan fingerprint density at radius 2 is 2.14 bits per heavy atom. The summed E-state index contributed by atoms with van der Waals surface area (Å²) in [5, 5.41) is 5.29. The van der Waals surface area contributed by atoms with Gasteiger partial charge in [-0.25, -0.2) is 0 Å². The molecule has 3 nitrogen and oxygen atoms in total. The van der Waals surface area contributed by atoms with Crippen LogP contribution in [0.5, 0.6) is 0 Å². The third-order valence-corrected chi connectivity index (χ3v) is 5.42. The summed E-state index contributed by atoms with van der Waals surface area (Å²) in [6.45, 7) is 2.73. The normalized spacial score (nSPS) is 18.6. The van der Waals surface area contributed by atoms with Crippen LogP contribution in [0.4, 0.5) is 0 Å². The molecule has 1 aromatic rings. The Labute approximate surface area is 138 Å². The van der Waals surface area contributed by atoms with Crippen LogP contribution in [0, 0.1) is 0 Å². The van der Waals surface area contributed by atoms with Crippen molar-refractivity contribution in [3.8, 4) is 0 Å². The van der Waals surface area contributed by atoms with Gasteiger partial charge in [0.1, 0.15) is 0 Å². The van der Waals surface area contributed by atoms with E-state index in [9.17, 15) is 4.79 Å². The van der Waals surface area contributed by atoms with Crippen molar-refractivity contribution in [3.05, 3.63) is 22.4 Å². The highest BCUT2D eigenvalue weighted by atomic mass is 35.5. The molecule has 1 aliphatic carbocycles. The minimum absolute atomic E-state index is 0. The third-order valence-electron chi connectivity index (χ3n) is 4.31. The zero-order valence-corrected chi connectivity index (χ0v) is 14.4. The fraction of sp³-hybridized carbons (Fsp3) is 0.688. The average Bonchev–Trinajstić information content (AvgIpc) is 2.98. The van der Waals surface area contributed by atoms with Gasteiger partial charge in [0.15, 0.2) is 0 Å². The summed E-state index contributed by atoms with van der Waals surface area (Å²) in [5.41, 5.74) is 5.88. The molecule has 0 spiro atoms. The molecule has 1 amide bonds. The number of hydrogen-bond donors (Lipinski definition) is 2. The van der Waals surface area contributed by atoms with Crippen LogP contribution in [0.25, 0.3) is 0 Å². The number of hydrogen-bond acceptors (Lipinski definition) is 3. The first-order valence-electron chi connectivity index (χ1n) is 7.69. The van der Waals surface area contributed by atoms with Crippen LogP contribution < -0.4 is 11.1 Å². The molecule has 1 unspecified atom stereocenters. The molecule has 0 aromatic carbocycles. The molecule has 3 N–H and O–H groups in total. The number of carbonyl (C=O) groups excluding carboxylic acids is 1. The molecule has 1 aliphatic rings. The smallest absolute Gasteiger partial charge is 0.220 e. The van der Waals surface area contributed by atoms with Crippen LogP contribution >= 0.6 is 23.7 Å². The van der Waals surface area contributed by atoms with E-state index < -0.39 is 0 Å². The summed E-state index contributed by atoms with van der Waals surface area (Å²) >= 11 is 1.83. The van der Waals surface area contributed by atoms with Crippen molar-refractivity contribution in [1.82, 2.24) is 5.32 Å². The molecular formula is C16H27ClN2OS. The molecule has 0 bridgehead atoms. The summed E-state index contributed by atoms with van der Waals surface area (Å²) in [6, 6.07) is 4.44. The lowest BCUT2D eigenvalue weighted by Gasteiger charge is -2.36. The van der Waals surface area contributed by atoms with E-state index in [2.05, 4.69) is 22.8 Å². The molecule has 1 atom stereocenters. The van der Waals surface area contributed by atoms with E-state index in [1.54, 1.807) is 0 Å². The quantitative estimate of drug-likeness (QED) is 0.837. The van der Waals surface area contributed by atoms with Gasteiger partial charge in [-0.05, 0) is 37.6 Å². The van der Waals surface area contributed by atoms with Crippen LogP contribution in [0.3, 0.4) is 0 Å². The van der Waals surface area contributed by atoms with Gasteiger partial charge in [-0.2, -0.15) is 0 Å². The highest BCUT2D eigenvalue weighted by Gasteiger charge is 2.34. The van der Waals surface area contributed by atoms with E-state index in [1.165, 1.54) is 37.0 Å². The molecule has 5 heteroatoms. The number of amides is 1. The minimum Gasteiger partial charge on any atom is -0.355 e. The first-order valence-corrected chi connectivity index (χ1v) is 8.57. The zero-order chi connectivity index (χ0) is 14.4. The van der Waals surface area contributed by atoms with Crippen LogP contribution in [0.1, 0.15) is 56.7 Å². The van der Waals surface area contributed by atoms with E-state index in [0.717, 1.165) is 13.0 Å². The Kier molecular flexibility index (Phi) is 7.71. The zero-order valence-electron chi connectivity index (χ0n) is 12.8. The molecule has 120 valence electrons. The lowest BCUT2D eigenvalue weighted by Crippen LogP contribution is -2.41. The van der Waals surface area contributed by atoms with Gasteiger partial charge in [0.25, 0.3) is 0 Å². The first-order chi connectivity index (χ1) is 9.62. The van der Waals surface area contributed by atoms with Gasteiger partial charge in [0.05, 0.1) is 0 Å². The summed E-state index contributed by atoms with van der Waals surface area (Å²) < 4.78 is 0. The van der Waals surface area contributed by atoms with Crippen LogP contribution in [-0.4, -0.2) is 18.5 Å². The van der Waals surface area contributed by atoms with Crippen LogP contribution in [-0.2, 0) is 10.2 Å². The van der Waals surface area contributed by atoms with Gasteiger partial charge in [-0.3, -0.25) is 4.79 Å². The molecule has 0 radical (unpaired) electrons. The molecule has 2 rings (SSSR count). The van der Waals surface area contributed by atoms with Crippen molar-refractivity contribution in [1.29, 1.82) is 0 Å². The highest BCUT2D eigenvalue weighted by molar-refractivity contribution is 7.10. The second-order valence-corrected chi connectivity index (χ2v) is 7.06. The minimum atomic E-state index is 0. The number of rotatable bonds is 6. The number of nitrogens with one attached hydrogen (secondary N) is 1. The van der Waals surface area contributed by atoms with E-state index in [4.69, 9.17) is 5.73 Å². The lowest BCUT2D eigenvalue weighted by atomic mass is 9.73. The Morgan fingerprint density at radius 1 is 1.43 bits per heavy atom. The predicted molar refractivity (Wildman–Crippen MR) is 92.2 cm³/mol. The number of thiophene rings is 1. The molecule has 21 heavy (non-hydrogen) atoms. The fourth-order valence-corrected chi connectivity index (χ4v) is 4.02. The van der Waals surface area contributed by atoms with Crippen LogP contribution in [0.15, 0.2) is 17.5 Å². The van der Waals surface area contributed by atoms with E-state index in [1.807, 2.05) is 18.3 Å². The average molecular weight is 331 g/mol. The Bertz CT molecular complexity index is 414.